The van der Waals surface area contributed by atoms with E-state index < -0.39 is 18.3 Å². The number of ether oxygens (including phenoxy) is 2. The molecular weight excluding hydrogens is 277 g/mol. The summed E-state index contributed by atoms with van der Waals surface area (Å²) in [5.74, 6) is 0.997. The van der Waals surface area contributed by atoms with E-state index in [1.54, 1.807) is 23.6 Å². The summed E-state index contributed by atoms with van der Waals surface area (Å²) in [5.41, 5.74) is -0.711. The van der Waals surface area contributed by atoms with Crippen molar-refractivity contribution >= 4 is 5.71 Å². The average molecular weight is 288 g/mol. The van der Waals surface area contributed by atoms with Gasteiger partial charge in [-0.1, -0.05) is 0 Å². The van der Waals surface area contributed by atoms with E-state index in [0.717, 1.165) is 0 Å². The van der Waals surface area contributed by atoms with Crippen LogP contribution in [0.25, 0.3) is 0 Å². The third-order valence-corrected chi connectivity index (χ3v) is 3.14. The SMILES string of the molecule is O[C@@]1(C(F)(F)F)CC(c2ccc3c(c2)OCCO3)=NN1. The van der Waals surface area contributed by atoms with Crippen LogP contribution >= 0.6 is 0 Å². The predicted molar refractivity (Wildman–Crippen MR) is 62.7 cm³/mol. The Morgan fingerprint density at radius 2 is 1.90 bits per heavy atom. The van der Waals surface area contributed by atoms with E-state index in [9.17, 15) is 18.3 Å². The number of rotatable bonds is 1. The minimum Gasteiger partial charge on any atom is -0.486 e. The summed E-state index contributed by atoms with van der Waals surface area (Å²) in [7, 11) is 0. The summed E-state index contributed by atoms with van der Waals surface area (Å²) in [4.78, 5) is 0. The van der Waals surface area contributed by atoms with E-state index in [-0.39, 0.29) is 5.71 Å². The molecule has 0 aliphatic carbocycles. The Morgan fingerprint density at radius 1 is 1.20 bits per heavy atom. The Labute approximate surface area is 112 Å². The van der Waals surface area contributed by atoms with Gasteiger partial charge >= 0.3 is 6.18 Å². The lowest BCUT2D eigenvalue weighted by Crippen LogP contribution is -2.52. The van der Waals surface area contributed by atoms with Gasteiger partial charge in [-0.15, -0.1) is 0 Å². The minimum absolute atomic E-state index is 0.113. The molecule has 0 bridgehead atoms. The van der Waals surface area contributed by atoms with Gasteiger partial charge in [-0.25, -0.2) is 0 Å². The van der Waals surface area contributed by atoms with Crippen LogP contribution in [0.3, 0.4) is 0 Å². The molecule has 2 N–H and O–H groups in total. The van der Waals surface area contributed by atoms with E-state index in [0.29, 0.717) is 30.3 Å². The van der Waals surface area contributed by atoms with Crippen LogP contribution in [0, 0.1) is 0 Å². The first-order valence-electron chi connectivity index (χ1n) is 5.92. The summed E-state index contributed by atoms with van der Waals surface area (Å²) in [6.45, 7) is 0.816. The van der Waals surface area contributed by atoms with Gasteiger partial charge < -0.3 is 14.6 Å². The van der Waals surface area contributed by atoms with Crippen molar-refractivity contribution in [2.75, 3.05) is 13.2 Å². The van der Waals surface area contributed by atoms with Crippen molar-refractivity contribution in [2.24, 2.45) is 5.10 Å². The van der Waals surface area contributed by atoms with Crippen LogP contribution in [0.15, 0.2) is 23.3 Å². The molecule has 108 valence electrons. The van der Waals surface area contributed by atoms with Crippen molar-refractivity contribution in [3.05, 3.63) is 23.8 Å². The molecule has 5 nitrogen and oxygen atoms in total. The van der Waals surface area contributed by atoms with Gasteiger partial charge in [-0.3, -0.25) is 5.43 Å². The molecule has 3 rings (SSSR count). The standard InChI is InChI=1S/C12H11F3N2O3/c13-12(14,15)11(18)6-8(16-17-11)7-1-2-9-10(5-7)20-4-3-19-9/h1-2,5,17-18H,3-4,6H2/t11-/m1/s1. The lowest BCUT2D eigenvalue weighted by atomic mass is 10.0. The van der Waals surface area contributed by atoms with Crippen molar-refractivity contribution in [1.82, 2.24) is 5.43 Å². The molecule has 0 saturated heterocycles. The van der Waals surface area contributed by atoms with Crippen molar-refractivity contribution in [3.8, 4) is 11.5 Å². The molecule has 8 heteroatoms. The van der Waals surface area contributed by atoms with Crippen LogP contribution in [0.2, 0.25) is 0 Å². The number of benzene rings is 1. The second-order valence-corrected chi connectivity index (χ2v) is 4.56. The molecule has 20 heavy (non-hydrogen) atoms. The Hall–Kier alpha value is -1.96. The van der Waals surface area contributed by atoms with Crippen molar-refractivity contribution in [1.29, 1.82) is 0 Å². The topological polar surface area (TPSA) is 63.1 Å². The highest BCUT2D eigenvalue weighted by Gasteiger charge is 2.57. The Balaban J connectivity index is 1.85. The number of nitrogens with one attached hydrogen (secondary N) is 1. The number of hydrogen-bond donors (Lipinski definition) is 2. The zero-order chi connectivity index (χ0) is 14.4. The summed E-state index contributed by atoms with van der Waals surface area (Å²) in [6, 6.07) is 4.74. The molecule has 0 aromatic heterocycles. The maximum Gasteiger partial charge on any atom is 0.438 e. The van der Waals surface area contributed by atoms with Gasteiger partial charge in [0.05, 0.1) is 12.1 Å². The molecule has 0 saturated carbocycles. The largest absolute Gasteiger partial charge is 0.486 e. The molecule has 2 aliphatic heterocycles. The van der Waals surface area contributed by atoms with E-state index >= 15 is 0 Å². The van der Waals surface area contributed by atoms with E-state index in [1.807, 2.05) is 0 Å². The van der Waals surface area contributed by atoms with Gasteiger partial charge in [0.25, 0.3) is 5.72 Å². The van der Waals surface area contributed by atoms with Gasteiger partial charge in [0.2, 0.25) is 0 Å². The minimum atomic E-state index is -4.80. The van der Waals surface area contributed by atoms with Gasteiger partial charge in [0, 0.05) is 5.56 Å². The first-order chi connectivity index (χ1) is 9.39. The maximum atomic E-state index is 12.7. The number of alkyl halides is 3. The molecule has 1 aromatic rings. The Bertz CT molecular complexity index is 574. The van der Waals surface area contributed by atoms with Gasteiger partial charge in [-0.05, 0) is 18.2 Å². The highest BCUT2D eigenvalue weighted by molar-refractivity contribution is 6.02. The van der Waals surface area contributed by atoms with Crippen LogP contribution in [0.4, 0.5) is 13.2 Å². The molecule has 0 amide bonds. The summed E-state index contributed by atoms with van der Waals surface area (Å²) >= 11 is 0. The molecule has 0 spiro atoms. The predicted octanol–water partition coefficient (Wildman–Crippen LogP) is 1.41. The lowest BCUT2D eigenvalue weighted by Gasteiger charge is -2.24. The fourth-order valence-corrected chi connectivity index (χ4v) is 2.03. The van der Waals surface area contributed by atoms with Gasteiger partial charge in [0.15, 0.2) is 11.5 Å². The lowest BCUT2D eigenvalue weighted by molar-refractivity contribution is -0.266. The van der Waals surface area contributed by atoms with Crippen LogP contribution < -0.4 is 14.9 Å². The van der Waals surface area contributed by atoms with Crippen LogP contribution in [0.5, 0.6) is 11.5 Å². The third-order valence-electron chi connectivity index (χ3n) is 3.14. The molecule has 0 fully saturated rings. The molecule has 1 aromatic carbocycles. The molecular formula is C12H11F3N2O3. The van der Waals surface area contributed by atoms with Crippen molar-refractivity contribution in [3.63, 3.8) is 0 Å². The zero-order valence-electron chi connectivity index (χ0n) is 10.2. The fourth-order valence-electron chi connectivity index (χ4n) is 2.03. The van der Waals surface area contributed by atoms with Crippen LogP contribution in [-0.2, 0) is 0 Å². The van der Waals surface area contributed by atoms with Crippen LogP contribution in [0.1, 0.15) is 12.0 Å². The smallest absolute Gasteiger partial charge is 0.438 e. The van der Waals surface area contributed by atoms with E-state index in [4.69, 9.17) is 9.47 Å². The Morgan fingerprint density at radius 3 is 2.55 bits per heavy atom. The number of aliphatic hydroxyl groups is 1. The van der Waals surface area contributed by atoms with E-state index in [2.05, 4.69) is 5.10 Å². The number of fused-ring (bicyclic) bond motifs is 1. The summed E-state index contributed by atoms with van der Waals surface area (Å²) < 4.78 is 48.7. The number of halogens is 3. The van der Waals surface area contributed by atoms with Crippen molar-refractivity contribution < 1.29 is 27.8 Å². The van der Waals surface area contributed by atoms with Crippen LogP contribution in [-0.4, -0.2) is 35.9 Å². The monoisotopic (exact) mass is 288 g/mol. The maximum absolute atomic E-state index is 12.7. The highest BCUT2D eigenvalue weighted by Crippen LogP contribution is 2.37. The zero-order valence-corrected chi connectivity index (χ0v) is 10.2. The molecule has 0 radical (unpaired) electrons. The normalized spacial score (nSPS) is 25.1. The molecule has 1 atom stereocenters. The summed E-state index contributed by atoms with van der Waals surface area (Å²) in [5, 5.41) is 13.1. The van der Waals surface area contributed by atoms with Crippen molar-refractivity contribution in [2.45, 2.75) is 18.3 Å². The molecule has 2 aliphatic rings. The number of nitrogens with zero attached hydrogens (tertiary/aromatic N) is 1. The third kappa shape index (κ3) is 2.05. The second kappa shape index (κ2) is 4.27. The van der Waals surface area contributed by atoms with E-state index in [1.165, 1.54) is 0 Å². The van der Waals surface area contributed by atoms with Gasteiger partial charge in [0.1, 0.15) is 13.2 Å². The van der Waals surface area contributed by atoms with Gasteiger partial charge in [-0.2, -0.15) is 18.3 Å². The summed E-state index contributed by atoms with van der Waals surface area (Å²) in [6.07, 6.45) is -5.46. The molecule has 2 heterocycles. The highest BCUT2D eigenvalue weighted by atomic mass is 19.4. The quantitative estimate of drug-likeness (QED) is 0.820. The average Bonchev–Trinajstić information content (AvgIpc) is 2.82. The second-order valence-electron chi connectivity index (χ2n) is 4.56. The number of hydrogen-bond acceptors (Lipinski definition) is 5. The first kappa shape index (κ1) is 13.0. The first-order valence-corrected chi connectivity index (χ1v) is 5.92. The molecule has 0 unspecified atom stereocenters. The Kier molecular flexibility index (Phi) is 2.79. The fraction of sp³-hybridized carbons (Fsp3) is 0.417. The number of hydrazone groups is 1.